The average molecular weight is 263 g/mol. The van der Waals surface area contributed by atoms with Crippen LogP contribution in [0.5, 0.6) is 0 Å². The maximum absolute atomic E-state index is 11.7. The molecule has 17 heavy (non-hydrogen) atoms. The monoisotopic (exact) mass is 262 g/mol. The van der Waals surface area contributed by atoms with Gasteiger partial charge in [0.1, 0.15) is 5.38 Å². The number of likely N-dealkylation sites (tertiary alicyclic amines) is 1. The third-order valence-electron chi connectivity index (χ3n) is 2.67. The van der Waals surface area contributed by atoms with Gasteiger partial charge in [0.15, 0.2) is 0 Å². The lowest BCUT2D eigenvalue weighted by Crippen LogP contribution is -2.51. The Morgan fingerprint density at radius 1 is 1.59 bits per heavy atom. The minimum absolute atomic E-state index is 0.0397. The SMILES string of the molecule is CCOC(=O)NC1CCCN(C(=O)C(C)Cl)C1. The van der Waals surface area contributed by atoms with Gasteiger partial charge in [-0.05, 0) is 26.7 Å². The zero-order valence-electron chi connectivity index (χ0n) is 10.2. The van der Waals surface area contributed by atoms with Crippen LogP contribution in [0.1, 0.15) is 26.7 Å². The molecular weight excluding hydrogens is 244 g/mol. The Labute approximate surface area is 106 Å². The standard InChI is InChI=1S/C11H19ClN2O3/c1-3-17-11(16)13-9-5-4-6-14(7-9)10(15)8(2)12/h8-9H,3-7H2,1-2H3,(H,13,16). The van der Waals surface area contributed by atoms with Gasteiger partial charge in [0.2, 0.25) is 5.91 Å². The van der Waals surface area contributed by atoms with E-state index in [-0.39, 0.29) is 11.9 Å². The molecule has 2 amide bonds. The molecule has 2 atom stereocenters. The highest BCUT2D eigenvalue weighted by Crippen LogP contribution is 2.13. The number of carbonyl (C=O) groups is 2. The Bertz CT molecular complexity index is 284. The van der Waals surface area contributed by atoms with E-state index in [4.69, 9.17) is 16.3 Å². The molecule has 0 spiro atoms. The first kappa shape index (κ1) is 14.1. The van der Waals surface area contributed by atoms with Crippen molar-refractivity contribution in [1.29, 1.82) is 0 Å². The molecule has 5 nitrogen and oxygen atoms in total. The largest absolute Gasteiger partial charge is 0.450 e. The van der Waals surface area contributed by atoms with Crippen molar-refractivity contribution in [3.05, 3.63) is 0 Å². The average Bonchev–Trinajstić information content (AvgIpc) is 2.28. The summed E-state index contributed by atoms with van der Waals surface area (Å²) in [6, 6.07) is -0.0397. The van der Waals surface area contributed by atoms with Crippen LogP contribution in [0.2, 0.25) is 0 Å². The molecule has 1 aliphatic heterocycles. The van der Waals surface area contributed by atoms with E-state index in [1.54, 1.807) is 18.7 Å². The number of ether oxygens (including phenoxy) is 1. The molecule has 0 aromatic heterocycles. The number of rotatable bonds is 3. The van der Waals surface area contributed by atoms with Gasteiger partial charge in [0.05, 0.1) is 6.61 Å². The van der Waals surface area contributed by atoms with Crippen molar-refractivity contribution in [3.63, 3.8) is 0 Å². The van der Waals surface area contributed by atoms with Crippen LogP contribution in [-0.2, 0) is 9.53 Å². The second-order valence-corrected chi connectivity index (χ2v) is 4.76. The number of alkyl halides is 1. The summed E-state index contributed by atoms with van der Waals surface area (Å²) in [6.07, 6.45) is 1.30. The van der Waals surface area contributed by atoms with Gasteiger partial charge in [-0.15, -0.1) is 11.6 Å². The number of halogens is 1. The molecule has 98 valence electrons. The first-order valence-electron chi connectivity index (χ1n) is 5.90. The van der Waals surface area contributed by atoms with Crippen molar-refractivity contribution < 1.29 is 14.3 Å². The minimum Gasteiger partial charge on any atom is -0.450 e. The van der Waals surface area contributed by atoms with Crippen molar-refractivity contribution in [2.24, 2.45) is 0 Å². The summed E-state index contributed by atoms with van der Waals surface area (Å²) in [6.45, 7) is 4.98. The second-order valence-electron chi connectivity index (χ2n) is 4.10. The number of alkyl carbamates (subject to hydrolysis) is 1. The summed E-state index contributed by atoms with van der Waals surface area (Å²) < 4.78 is 4.81. The van der Waals surface area contributed by atoms with Gasteiger partial charge in [0, 0.05) is 19.1 Å². The van der Waals surface area contributed by atoms with E-state index in [1.165, 1.54) is 0 Å². The van der Waals surface area contributed by atoms with Crippen LogP contribution >= 0.6 is 11.6 Å². The van der Waals surface area contributed by atoms with Gasteiger partial charge in [-0.25, -0.2) is 4.79 Å². The molecule has 2 unspecified atom stereocenters. The fraction of sp³-hybridized carbons (Fsp3) is 0.818. The summed E-state index contributed by atoms with van der Waals surface area (Å²) >= 11 is 5.76. The molecule has 0 aromatic rings. The van der Waals surface area contributed by atoms with Gasteiger partial charge in [0.25, 0.3) is 0 Å². The van der Waals surface area contributed by atoms with Crippen LogP contribution in [0.25, 0.3) is 0 Å². The quantitative estimate of drug-likeness (QED) is 0.781. The number of amides is 2. The first-order chi connectivity index (χ1) is 8.04. The Kier molecular flexibility index (Phi) is 5.55. The summed E-state index contributed by atoms with van der Waals surface area (Å²) in [5.74, 6) is -0.0815. The normalized spacial score (nSPS) is 21.8. The summed E-state index contributed by atoms with van der Waals surface area (Å²) in [5, 5.41) is 2.23. The van der Waals surface area contributed by atoms with Crippen molar-refractivity contribution in [2.75, 3.05) is 19.7 Å². The van der Waals surface area contributed by atoms with E-state index >= 15 is 0 Å². The molecule has 1 rings (SSSR count). The fourth-order valence-corrected chi connectivity index (χ4v) is 2.02. The van der Waals surface area contributed by atoms with Crippen molar-refractivity contribution in [3.8, 4) is 0 Å². The molecule has 1 aliphatic rings. The zero-order chi connectivity index (χ0) is 12.8. The molecule has 1 saturated heterocycles. The first-order valence-corrected chi connectivity index (χ1v) is 6.34. The van der Waals surface area contributed by atoms with Gasteiger partial charge >= 0.3 is 6.09 Å². The van der Waals surface area contributed by atoms with Crippen molar-refractivity contribution in [1.82, 2.24) is 10.2 Å². The van der Waals surface area contributed by atoms with Crippen LogP contribution < -0.4 is 5.32 Å². The van der Waals surface area contributed by atoms with Crippen LogP contribution in [0, 0.1) is 0 Å². The molecule has 0 aromatic carbocycles. The molecule has 1 heterocycles. The maximum Gasteiger partial charge on any atom is 0.407 e. The van der Waals surface area contributed by atoms with E-state index in [0.717, 1.165) is 12.8 Å². The Morgan fingerprint density at radius 2 is 2.29 bits per heavy atom. The highest BCUT2D eigenvalue weighted by molar-refractivity contribution is 6.30. The third-order valence-corrected chi connectivity index (χ3v) is 2.86. The van der Waals surface area contributed by atoms with E-state index in [2.05, 4.69) is 5.32 Å². The van der Waals surface area contributed by atoms with Crippen molar-refractivity contribution in [2.45, 2.75) is 38.1 Å². The van der Waals surface area contributed by atoms with Crippen LogP contribution in [0.4, 0.5) is 4.79 Å². The summed E-state index contributed by atoms with van der Waals surface area (Å²) in [7, 11) is 0. The minimum atomic E-state index is -0.517. The van der Waals surface area contributed by atoms with Gasteiger partial charge in [-0.1, -0.05) is 0 Å². The van der Waals surface area contributed by atoms with E-state index in [1.807, 2.05) is 0 Å². The predicted octanol–water partition coefficient (Wildman–Crippen LogP) is 1.35. The van der Waals surface area contributed by atoms with Gasteiger partial charge < -0.3 is 15.0 Å². The summed E-state index contributed by atoms with van der Waals surface area (Å²) in [5.41, 5.74) is 0. The smallest absolute Gasteiger partial charge is 0.407 e. The van der Waals surface area contributed by atoms with Crippen LogP contribution in [-0.4, -0.2) is 48.0 Å². The van der Waals surface area contributed by atoms with Gasteiger partial charge in [-0.2, -0.15) is 0 Å². The molecule has 0 aliphatic carbocycles. The van der Waals surface area contributed by atoms with E-state index < -0.39 is 11.5 Å². The summed E-state index contributed by atoms with van der Waals surface area (Å²) in [4.78, 5) is 24.7. The Morgan fingerprint density at radius 3 is 2.88 bits per heavy atom. The van der Waals surface area contributed by atoms with Crippen LogP contribution in [0.15, 0.2) is 0 Å². The molecule has 0 saturated carbocycles. The van der Waals surface area contributed by atoms with Crippen LogP contribution in [0.3, 0.4) is 0 Å². The molecule has 0 bridgehead atoms. The number of hydrogen-bond donors (Lipinski definition) is 1. The third kappa shape index (κ3) is 4.42. The maximum atomic E-state index is 11.7. The number of carbonyl (C=O) groups excluding carboxylic acids is 2. The van der Waals surface area contributed by atoms with Gasteiger partial charge in [-0.3, -0.25) is 4.79 Å². The van der Waals surface area contributed by atoms with E-state index in [0.29, 0.717) is 19.7 Å². The predicted molar refractivity (Wildman–Crippen MR) is 65.1 cm³/mol. The van der Waals surface area contributed by atoms with E-state index in [9.17, 15) is 9.59 Å². The zero-order valence-corrected chi connectivity index (χ0v) is 11.0. The topological polar surface area (TPSA) is 58.6 Å². The molecule has 1 fully saturated rings. The lowest BCUT2D eigenvalue weighted by atomic mass is 10.1. The Hall–Kier alpha value is -0.970. The lowest BCUT2D eigenvalue weighted by Gasteiger charge is -2.33. The van der Waals surface area contributed by atoms with Crippen molar-refractivity contribution >= 4 is 23.6 Å². The number of nitrogens with one attached hydrogen (secondary N) is 1. The highest BCUT2D eigenvalue weighted by atomic mass is 35.5. The number of nitrogens with zero attached hydrogens (tertiary/aromatic N) is 1. The fourth-order valence-electron chi connectivity index (χ4n) is 1.89. The molecule has 0 radical (unpaired) electrons. The second kappa shape index (κ2) is 6.69. The number of piperidine rings is 1. The highest BCUT2D eigenvalue weighted by Gasteiger charge is 2.26. The Balaban J connectivity index is 2.43. The number of hydrogen-bond acceptors (Lipinski definition) is 3. The molecular formula is C11H19ClN2O3. The lowest BCUT2D eigenvalue weighted by molar-refractivity contribution is -0.131. The molecule has 1 N–H and O–H groups in total. The molecule has 6 heteroatoms.